The van der Waals surface area contributed by atoms with Crippen LogP contribution in [0.1, 0.15) is 12.5 Å². The minimum absolute atomic E-state index is 0.0462. The van der Waals surface area contributed by atoms with Gasteiger partial charge < -0.3 is 0 Å². The largest absolute Gasteiger partial charge is 0.268 e. The second kappa shape index (κ2) is 5.29. The summed E-state index contributed by atoms with van der Waals surface area (Å²) in [4.78, 5) is 0. The van der Waals surface area contributed by atoms with Crippen molar-refractivity contribution in [3.8, 4) is 6.07 Å². The Morgan fingerprint density at radius 3 is 2.81 bits per heavy atom. The van der Waals surface area contributed by atoms with Crippen LogP contribution in [-0.4, -0.2) is 6.72 Å². The van der Waals surface area contributed by atoms with Crippen LogP contribution in [0.5, 0.6) is 0 Å². The highest BCUT2D eigenvalue weighted by Crippen LogP contribution is 2.22. The maximum Gasteiger partial charge on any atom is 0.142 e. The minimum atomic E-state index is -0.526. The predicted molar refractivity (Wildman–Crippen MR) is 62.3 cm³/mol. The molecule has 1 aromatic carbocycles. The second-order valence-corrected chi connectivity index (χ2v) is 3.42. The van der Waals surface area contributed by atoms with Crippen molar-refractivity contribution in [1.29, 1.82) is 5.26 Å². The molecule has 16 heavy (non-hydrogen) atoms. The number of hydrogen-bond acceptors (Lipinski definition) is 3. The summed E-state index contributed by atoms with van der Waals surface area (Å²) in [6.07, 6.45) is 0. The molecule has 1 aromatic rings. The summed E-state index contributed by atoms with van der Waals surface area (Å²) < 4.78 is 13.2. The average Bonchev–Trinajstić information content (AvgIpc) is 2.28. The Bertz CT molecular complexity index is 488. The number of nitriles is 1. The van der Waals surface area contributed by atoms with E-state index in [1.807, 2.05) is 6.07 Å². The van der Waals surface area contributed by atoms with Gasteiger partial charge in [0.25, 0.3) is 0 Å². The van der Waals surface area contributed by atoms with E-state index in [9.17, 15) is 4.39 Å². The van der Waals surface area contributed by atoms with Crippen LogP contribution < -0.4 is 5.43 Å². The van der Waals surface area contributed by atoms with Gasteiger partial charge >= 0.3 is 0 Å². The lowest BCUT2D eigenvalue weighted by Crippen LogP contribution is -2.04. The number of hydrogen-bond donors (Lipinski definition) is 1. The van der Waals surface area contributed by atoms with Crippen LogP contribution >= 0.6 is 11.6 Å². The van der Waals surface area contributed by atoms with Gasteiger partial charge in [0.2, 0.25) is 0 Å². The lowest BCUT2D eigenvalue weighted by molar-refractivity contribution is 0.628. The zero-order chi connectivity index (χ0) is 12.1. The van der Waals surface area contributed by atoms with Gasteiger partial charge in [0.05, 0.1) is 5.02 Å². The first kappa shape index (κ1) is 12.2. The zero-order valence-corrected chi connectivity index (χ0v) is 9.35. The maximum absolute atomic E-state index is 13.2. The SMILES string of the molecule is C=NN/C(C#N)=C(\C)c1ccc(Cl)c(F)c1. The highest BCUT2D eigenvalue weighted by Gasteiger charge is 2.06. The molecule has 3 nitrogen and oxygen atoms in total. The van der Waals surface area contributed by atoms with E-state index < -0.39 is 5.82 Å². The van der Waals surface area contributed by atoms with E-state index in [-0.39, 0.29) is 10.7 Å². The fraction of sp³-hybridized carbons (Fsp3) is 0.0909. The second-order valence-electron chi connectivity index (χ2n) is 3.01. The molecule has 0 atom stereocenters. The number of hydrazone groups is 1. The number of rotatable bonds is 3. The van der Waals surface area contributed by atoms with Crippen LogP contribution in [0.15, 0.2) is 29.0 Å². The molecule has 0 unspecified atom stereocenters. The molecule has 0 aliphatic carbocycles. The van der Waals surface area contributed by atoms with Gasteiger partial charge in [-0.15, -0.1) is 0 Å². The van der Waals surface area contributed by atoms with Crippen molar-refractivity contribution >= 4 is 23.9 Å². The Labute approximate surface area is 97.8 Å². The minimum Gasteiger partial charge on any atom is -0.268 e. The van der Waals surface area contributed by atoms with Crippen LogP contribution in [0.2, 0.25) is 5.02 Å². The van der Waals surface area contributed by atoms with Gasteiger partial charge in [-0.05, 0) is 30.2 Å². The molecule has 0 amide bonds. The first-order valence-corrected chi connectivity index (χ1v) is 4.76. The molecule has 0 aliphatic heterocycles. The van der Waals surface area contributed by atoms with Crippen LogP contribution in [0.3, 0.4) is 0 Å². The summed E-state index contributed by atoms with van der Waals surface area (Å²) in [5.74, 6) is -0.526. The Hall–Kier alpha value is -1.86. The molecule has 0 saturated heterocycles. The third-order valence-electron chi connectivity index (χ3n) is 2.03. The summed E-state index contributed by atoms with van der Waals surface area (Å²) in [7, 11) is 0. The molecule has 0 aromatic heterocycles. The van der Waals surface area contributed by atoms with Gasteiger partial charge in [-0.2, -0.15) is 10.4 Å². The fourth-order valence-electron chi connectivity index (χ4n) is 1.15. The van der Waals surface area contributed by atoms with E-state index in [1.54, 1.807) is 13.0 Å². The molecule has 1 N–H and O–H groups in total. The molecule has 0 fully saturated rings. The molecule has 0 spiro atoms. The molecule has 0 radical (unpaired) electrons. The first-order chi connectivity index (χ1) is 7.60. The van der Waals surface area contributed by atoms with Crippen molar-refractivity contribution in [1.82, 2.24) is 5.43 Å². The van der Waals surface area contributed by atoms with Crippen LogP contribution in [0.25, 0.3) is 5.57 Å². The molecule has 0 bridgehead atoms. The third kappa shape index (κ3) is 2.59. The zero-order valence-electron chi connectivity index (χ0n) is 8.59. The summed E-state index contributed by atoms with van der Waals surface area (Å²) in [6, 6.07) is 6.24. The van der Waals surface area contributed by atoms with E-state index in [0.29, 0.717) is 11.1 Å². The van der Waals surface area contributed by atoms with Crippen LogP contribution in [-0.2, 0) is 0 Å². The van der Waals surface area contributed by atoms with Gasteiger partial charge in [0.1, 0.15) is 17.6 Å². The summed E-state index contributed by atoms with van der Waals surface area (Å²) >= 11 is 5.56. The summed E-state index contributed by atoms with van der Waals surface area (Å²) in [5, 5.41) is 12.3. The highest BCUT2D eigenvalue weighted by atomic mass is 35.5. The Morgan fingerprint density at radius 1 is 1.62 bits per heavy atom. The Morgan fingerprint density at radius 2 is 2.31 bits per heavy atom. The van der Waals surface area contributed by atoms with Crippen molar-refractivity contribution in [3.05, 3.63) is 40.3 Å². The van der Waals surface area contributed by atoms with Crippen molar-refractivity contribution in [2.45, 2.75) is 6.92 Å². The van der Waals surface area contributed by atoms with E-state index in [2.05, 4.69) is 17.2 Å². The van der Waals surface area contributed by atoms with E-state index in [0.717, 1.165) is 0 Å². The van der Waals surface area contributed by atoms with Crippen molar-refractivity contribution in [2.24, 2.45) is 5.10 Å². The van der Waals surface area contributed by atoms with Crippen molar-refractivity contribution in [3.63, 3.8) is 0 Å². The quantitative estimate of drug-likeness (QED) is 0.499. The lowest BCUT2D eigenvalue weighted by Gasteiger charge is -2.05. The number of halogens is 2. The molecule has 0 aliphatic rings. The van der Waals surface area contributed by atoms with Gasteiger partial charge in [-0.3, -0.25) is 5.43 Å². The monoisotopic (exact) mass is 237 g/mol. The first-order valence-electron chi connectivity index (χ1n) is 4.38. The summed E-state index contributed by atoms with van der Waals surface area (Å²) in [5.41, 5.74) is 3.80. The van der Waals surface area contributed by atoms with Crippen LogP contribution in [0, 0.1) is 17.1 Å². The van der Waals surface area contributed by atoms with Gasteiger partial charge in [0, 0.05) is 6.72 Å². The number of nitrogens with one attached hydrogen (secondary N) is 1. The topological polar surface area (TPSA) is 48.2 Å². The van der Waals surface area contributed by atoms with Gasteiger partial charge in [-0.1, -0.05) is 17.7 Å². The van der Waals surface area contributed by atoms with Crippen LogP contribution in [0.4, 0.5) is 4.39 Å². The molecular weight excluding hydrogens is 229 g/mol. The molecule has 5 heteroatoms. The third-order valence-corrected chi connectivity index (χ3v) is 2.34. The Balaban J connectivity index is 3.22. The molecule has 1 rings (SSSR count). The molecule has 0 saturated carbocycles. The number of benzene rings is 1. The lowest BCUT2D eigenvalue weighted by atomic mass is 10.1. The van der Waals surface area contributed by atoms with E-state index in [4.69, 9.17) is 16.9 Å². The molecule has 0 heterocycles. The highest BCUT2D eigenvalue weighted by molar-refractivity contribution is 6.30. The smallest absolute Gasteiger partial charge is 0.142 e. The number of allylic oxidation sites excluding steroid dienone is 2. The van der Waals surface area contributed by atoms with Crippen molar-refractivity contribution in [2.75, 3.05) is 0 Å². The van der Waals surface area contributed by atoms with E-state index in [1.165, 1.54) is 12.1 Å². The summed E-state index contributed by atoms with van der Waals surface area (Å²) in [6.45, 7) is 4.89. The molecular formula is C11H9ClFN3. The molecule has 82 valence electrons. The van der Waals surface area contributed by atoms with Gasteiger partial charge in [0.15, 0.2) is 0 Å². The maximum atomic E-state index is 13.2. The van der Waals surface area contributed by atoms with Gasteiger partial charge in [-0.25, -0.2) is 4.39 Å². The normalized spacial score (nSPS) is 11.4. The predicted octanol–water partition coefficient (Wildman–Crippen LogP) is 2.94. The average molecular weight is 238 g/mol. The number of nitrogens with zero attached hydrogens (tertiary/aromatic N) is 2. The fourth-order valence-corrected chi connectivity index (χ4v) is 1.26. The standard InChI is InChI=1S/C11H9ClFN3/c1-7(11(6-14)16-15-2)8-3-4-9(12)10(13)5-8/h3-5,16H,2H2,1H3/b11-7+. The Kier molecular flexibility index (Phi) is 4.03. The van der Waals surface area contributed by atoms with Crippen molar-refractivity contribution < 1.29 is 4.39 Å². The van der Waals surface area contributed by atoms with E-state index >= 15 is 0 Å².